The number of nitrogens with two attached hydrogens (primary N) is 1. The summed E-state index contributed by atoms with van der Waals surface area (Å²) >= 11 is 0. The Morgan fingerprint density at radius 2 is 2.24 bits per heavy atom. The van der Waals surface area contributed by atoms with Gasteiger partial charge in [0, 0.05) is 13.7 Å². The molecule has 0 spiro atoms. The summed E-state index contributed by atoms with van der Waals surface area (Å²) in [6.45, 7) is 2.29. The van der Waals surface area contributed by atoms with E-state index >= 15 is 0 Å². The van der Waals surface area contributed by atoms with Crippen LogP contribution in [0.5, 0.6) is 0 Å². The van der Waals surface area contributed by atoms with Crippen molar-refractivity contribution in [3.63, 3.8) is 0 Å². The van der Waals surface area contributed by atoms with Crippen LogP contribution in [0.1, 0.15) is 19.8 Å². The third kappa shape index (κ3) is 6.70. The zero-order valence-electron chi connectivity index (χ0n) is 10.3. The number of rotatable bonds is 8. The van der Waals surface area contributed by atoms with Gasteiger partial charge in [-0.3, -0.25) is 10.2 Å². The van der Waals surface area contributed by atoms with E-state index in [9.17, 15) is 4.79 Å². The minimum absolute atomic E-state index is 0.0233. The zero-order chi connectivity index (χ0) is 13.3. The summed E-state index contributed by atoms with van der Waals surface area (Å²) in [5, 5.41) is 18.9. The number of nitrogens with one attached hydrogen (secondary N) is 2. The summed E-state index contributed by atoms with van der Waals surface area (Å²) in [6.07, 6.45) is 4.52. The molecule has 5 N–H and O–H groups in total. The van der Waals surface area contributed by atoms with Crippen LogP contribution in [0.25, 0.3) is 0 Å². The van der Waals surface area contributed by atoms with E-state index in [0.717, 1.165) is 6.42 Å². The van der Waals surface area contributed by atoms with Crippen molar-refractivity contribution in [1.29, 1.82) is 5.41 Å². The van der Waals surface area contributed by atoms with Crippen LogP contribution in [0.4, 0.5) is 0 Å². The van der Waals surface area contributed by atoms with E-state index < -0.39 is 11.5 Å². The Morgan fingerprint density at radius 3 is 2.71 bits per heavy atom. The topological polar surface area (TPSA) is 108 Å². The summed E-state index contributed by atoms with van der Waals surface area (Å²) in [5.74, 6) is -0.658. The average Bonchev–Trinajstić information content (AvgIpc) is 2.23. The third-order valence-corrected chi connectivity index (χ3v) is 2.18. The first-order chi connectivity index (χ1) is 7.92. The van der Waals surface area contributed by atoms with Crippen LogP contribution in [-0.4, -0.2) is 42.7 Å². The van der Waals surface area contributed by atoms with E-state index in [2.05, 4.69) is 5.32 Å². The highest BCUT2D eigenvalue weighted by Crippen LogP contribution is 2.09. The molecule has 1 atom stereocenters. The predicted molar refractivity (Wildman–Crippen MR) is 66.2 cm³/mol. The van der Waals surface area contributed by atoms with Crippen molar-refractivity contribution in [3.8, 4) is 0 Å². The van der Waals surface area contributed by atoms with Gasteiger partial charge in [0.25, 0.3) is 0 Å². The summed E-state index contributed by atoms with van der Waals surface area (Å²) in [5.41, 5.74) is 4.32. The number of carbonyl (C=O) groups is 1. The lowest BCUT2D eigenvalue weighted by Crippen LogP contribution is -2.51. The number of amidine groups is 1. The molecule has 0 aliphatic carbocycles. The Kier molecular flexibility index (Phi) is 7.16. The van der Waals surface area contributed by atoms with Gasteiger partial charge in [-0.2, -0.15) is 0 Å². The zero-order valence-corrected chi connectivity index (χ0v) is 10.3. The molecule has 0 saturated carbocycles. The molecule has 6 nitrogen and oxygen atoms in total. The summed E-state index contributed by atoms with van der Waals surface area (Å²) in [4.78, 5) is 10.9. The number of hydrogen-bond donors (Lipinski definition) is 4. The minimum Gasteiger partial charge on any atom is -0.480 e. The predicted octanol–water partition coefficient (Wildman–Crippen LogP) is 0.338. The van der Waals surface area contributed by atoms with Crippen molar-refractivity contribution < 1.29 is 14.6 Å². The summed E-state index contributed by atoms with van der Waals surface area (Å²) < 4.78 is 4.80. The molecule has 0 amide bonds. The Balaban J connectivity index is 4.01. The SMILES string of the molecule is COC[C@@](N)(C/C=C\CCNC(C)=N)C(=O)O. The second-order valence-corrected chi connectivity index (χ2v) is 3.91. The molecule has 98 valence electrons. The number of hydrogen-bond acceptors (Lipinski definition) is 4. The summed E-state index contributed by atoms with van der Waals surface area (Å²) in [7, 11) is 1.42. The average molecular weight is 243 g/mol. The van der Waals surface area contributed by atoms with Gasteiger partial charge in [-0.25, -0.2) is 0 Å². The Morgan fingerprint density at radius 1 is 1.59 bits per heavy atom. The first-order valence-corrected chi connectivity index (χ1v) is 5.37. The molecular formula is C11H21N3O3. The van der Waals surface area contributed by atoms with Gasteiger partial charge >= 0.3 is 5.97 Å². The van der Waals surface area contributed by atoms with Crippen molar-refractivity contribution in [2.45, 2.75) is 25.3 Å². The lowest BCUT2D eigenvalue weighted by molar-refractivity contribution is -0.145. The Bertz CT molecular complexity index is 292. The van der Waals surface area contributed by atoms with Gasteiger partial charge in [0.15, 0.2) is 0 Å². The highest BCUT2D eigenvalue weighted by Gasteiger charge is 2.32. The highest BCUT2D eigenvalue weighted by molar-refractivity contribution is 5.79. The number of ether oxygens (including phenoxy) is 1. The van der Waals surface area contributed by atoms with Gasteiger partial charge in [-0.15, -0.1) is 0 Å². The van der Waals surface area contributed by atoms with Crippen LogP contribution in [0.3, 0.4) is 0 Å². The lowest BCUT2D eigenvalue weighted by atomic mass is 9.97. The first kappa shape index (κ1) is 15.6. The third-order valence-electron chi connectivity index (χ3n) is 2.18. The van der Waals surface area contributed by atoms with Crippen molar-refractivity contribution in [2.75, 3.05) is 20.3 Å². The van der Waals surface area contributed by atoms with E-state index in [1.807, 2.05) is 6.08 Å². The fourth-order valence-electron chi connectivity index (χ4n) is 1.22. The molecule has 6 heteroatoms. The fourth-order valence-corrected chi connectivity index (χ4v) is 1.22. The van der Waals surface area contributed by atoms with E-state index in [1.165, 1.54) is 7.11 Å². The molecule has 0 aliphatic heterocycles. The molecule has 0 fully saturated rings. The quantitative estimate of drug-likeness (QED) is 0.213. The van der Waals surface area contributed by atoms with Gasteiger partial charge in [0.2, 0.25) is 0 Å². The minimum atomic E-state index is -1.36. The van der Waals surface area contributed by atoms with Crippen LogP contribution < -0.4 is 11.1 Å². The molecule has 0 radical (unpaired) electrons. The molecule has 0 aliphatic rings. The fraction of sp³-hybridized carbons (Fsp3) is 0.636. The van der Waals surface area contributed by atoms with Crippen LogP contribution in [0, 0.1) is 5.41 Å². The van der Waals surface area contributed by atoms with Gasteiger partial charge in [0.05, 0.1) is 12.4 Å². The van der Waals surface area contributed by atoms with Crippen molar-refractivity contribution in [2.24, 2.45) is 5.73 Å². The number of carboxylic acid groups (broad SMARTS) is 1. The largest absolute Gasteiger partial charge is 0.480 e. The monoisotopic (exact) mass is 243 g/mol. The molecule has 0 aromatic rings. The van der Waals surface area contributed by atoms with Gasteiger partial charge in [-0.1, -0.05) is 12.2 Å². The van der Waals surface area contributed by atoms with Crippen LogP contribution in [0.15, 0.2) is 12.2 Å². The number of methoxy groups -OCH3 is 1. The first-order valence-electron chi connectivity index (χ1n) is 5.37. The van der Waals surface area contributed by atoms with Crippen molar-refractivity contribution >= 4 is 11.8 Å². The molecule has 0 aromatic carbocycles. The normalized spacial score (nSPS) is 14.5. The number of aliphatic carboxylic acids is 1. The Hall–Kier alpha value is -1.40. The van der Waals surface area contributed by atoms with Gasteiger partial charge in [-0.05, 0) is 19.8 Å². The van der Waals surface area contributed by atoms with E-state index in [0.29, 0.717) is 12.4 Å². The molecule has 0 unspecified atom stereocenters. The van der Waals surface area contributed by atoms with Crippen LogP contribution >= 0.6 is 0 Å². The maximum atomic E-state index is 10.9. The summed E-state index contributed by atoms with van der Waals surface area (Å²) in [6, 6.07) is 0. The van der Waals surface area contributed by atoms with Gasteiger partial charge in [0.1, 0.15) is 5.54 Å². The number of carboxylic acids is 1. The lowest BCUT2D eigenvalue weighted by Gasteiger charge is -2.21. The van der Waals surface area contributed by atoms with Crippen molar-refractivity contribution in [3.05, 3.63) is 12.2 Å². The second kappa shape index (κ2) is 7.81. The maximum Gasteiger partial charge on any atom is 0.326 e. The van der Waals surface area contributed by atoms with Crippen LogP contribution in [0.2, 0.25) is 0 Å². The maximum absolute atomic E-state index is 10.9. The molecule has 17 heavy (non-hydrogen) atoms. The molecular weight excluding hydrogens is 222 g/mol. The molecule has 0 aromatic heterocycles. The molecule has 0 bridgehead atoms. The van der Waals surface area contributed by atoms with Crippen molar-refractivity contribution in [1.82, 2.24) is 5.32 Å². The smallest absolute Gasteiger partial charge is 0.326 e. The standard InChI is InChI=1S/C11H21N3O3/c1-9(12)14-7-5-3-4-6-11(13,8-17-2)10(15)16/h3-4H,5-8,13H2,1-2H3,(H2,12,14)(H,15,16)/b4-3-/t11-/m0/s1. The van der Waals surface area contributed by atoms with E-state index in [-0.39, 0.29) is 13.0 Å². The molecule has 0 saturated heterocycles. The van der Waals surface area contributed by atoms with Crippen LogP contribution in [-0.2, 0) is 9.53 Å². The second-order valence-electron chi connectivity index (χ2n) is 3.91. The Labute approximate surface area is 101 Å². The molecule has 0 rings (SSSR count). The highest BCUT2D eigenvalue weighted by atomic mass is 16.5. The molecule has 0 heterocycles. The van der Waals surface area contributed by atoms with E-state index in [4.69, 9.17) is 21.0 Å². The van der Waals surface area contributed by atoms with Gasteiger partial charge < -0.3 is 20.9 Å². The van der Waals surface area contributed by atoms with E-state index in [1.54, 1.807) is 13.0 Å².